The van der Waals surface area contributed by atoms with Crippen molar-refractivity contribution < 1.29 is 15.0 Å². The second-order valence-electron chi connectivity index (χ2n) is 10.5. The summed E-state index contributed by atoms with van der Waals surface area (Å²) < 4.78 is 26.5. The highest BCUT2D eigenvalue weighted by atomic mass is 35.5. The van der Waals surface area contributed by atoms with Crippen molar-refractivity contribution in [3.8, 4) is 0 Å². The van der Waals surface area contributed by atoms with Crippen molar-refractivity contribution in [3.63, 3.8) is 0 Å². The summed E-state index contributed by atoms with van der Waals surface area (Å²) in [5.41, 5.74) is 3.19. The van der Waals surface area contributed by atoms with E-state index >= 15 is 0 Å². The summed E-state index contributed by atoms with van der Waals surface area (Å²) in [6.45, 7) is 9.07. The monoisotopic (exact) mass is 555 g/mol. The maximum atomic E-state index is 13.4. The van der Waals surface area contributed by atoms with Gasteiger partial charge in [0, 0.05) is 58.0 Å². The summed E-state index contributed by atoms with van der Waals surface area (Å²) in [4.78, 5) is 24.7. The van der Waals surface area contributed by atoms with Crippen LogP contribution in [-0.2, 0) is 13.1 Å². The topological polar surface area (TPSA) is 51.7 Å². The molecule has 2 saturated heterocycles. The molecule has 0 saturated carbocycles. The summed E-state index contributed by atoms with van der Waals surface area (Å²) in [6, 6.07) is 14.2. The Hall–Kier alpha value is -3.07. The molecule has 2 fully saturated rings. The van der Waals surface area contributed by atoms with Gasteiger partial charge in [-0.25, -0.2) is 13.8 Å². The van der Waals surface area contributed by atoms with Gasteiger partial charge in [-0.3, -0.25) is 14.6 Å². The predicted molar refractivity (Wildman–Crippen MR) is 152 cm³/mol. The lowest BCUT2D eigenvalue weighted by Crippen LogP contribution is -2.53. The number of benzene rings is 2. The highest BCUT2D eigenvalue weighted by Crippen LogP contribution is 2.24. The van der Waals surface area contributed by atoms with Crippen molar-refractivity contribution in [3.05, 3.63) is 93.6 Å². The van der Waals surface area contributed by atoms with Crippen LogP contribution in [-0.4, -0.2) is 66.0 Å². The molecule has 3 aromatic rings. The molecule has 0 unspecified atom stereocenters. The molecule has 1 amide bonds. The van der Waals surface area contributed by atoms with Crippen LogP contribution in [0.1, 0.15) is 41.3 Å². The Morgan fingerprint density at radius 3 is 2.33 bits per heavy atom. The third-order valence-electron chi connectivity index (χ3n) is 7.76. The van der Waals surface area contributed by atoms with E-state index < -0.39 is 11.6 Å². The van der Waals surface area contributed by atoms with Crippen LogP contribution in [0.25, 0.3) is 0 Å². The molecule has 1 aromatic heterocycles. The van der Waals surface area contributed by atoms with E-state index in [9.17, 15) is 13.6 Å². The van der Waals surface area contributed by atoms with Crippen molar-refractivity contribution in [2.24, 2.45) is 0 Å². The number of carbonyl (C=O) groups is 1. The third kappa shape index (κ3) is 6.93. The first-order valence-corrected chi connectivity index (χ1v) is 13.9. The number of rotatable bonds is 7. The van der Waals surface area contributed by atoms with E-state index in [4.69, 9.17) is 11.6 Å². The number of hydrogen-bond acceptors (Lipinski definition) is 5. The molecule has 0 aliphatic carbocycles. The maximum Gasteiger partial charge on any atom is 0.253 e. The number of amides is 1. The van der Waals surface area contributed by atoms with Gasteiger partial charge in [0.1, 0.15) is 5.82 Å². The molecule has 0 spiro atoms. The number of hydrogen-bond donors (Lipinski definition) is 1. The van der Waals surface area contributed by atoms with E-state index in [1.54, 1.807) is 6.20 Å². The molecule has 9 heteroatoms. The predicted octanol–water partition coefficient (Wildman–Crippen LogP) is 5.28. The fourth-order valence-corrected chi connectivity index (χ4v) is 5.67. The number of likely N-dealkylation sites (tertiary alicyclic amines) is 1. The molecule has 0 atom stereocenters. The molecule has 6 nitrogen and oxygen atoms in total. The largest absolute Gasteiger partial charge is 0.354 e. The van der Waals surface area contributed by atoms with Crippen LogP contribution in [0.5, 0.6) is 0 Å². The van der Waals surface area contributed by atoms with Crippen molar-refractivity contribution in [2.75, 3.05) is 44.2 Å². The normalized spacial score (nSPS) is 17.4. The van der Waals surface area contributed by atoms with Gasteiger partial charge in [0.25, 0.3) is 5.91 Å². The fourth-order valence-electron chi connectivity index (χ4n) is 5.55. The SMILES string of the molecule is Cc1cc(C(=O)NCc2ccc(F)c(F)c2)cnc1N1CCN(C2CCN(Cc3ccc(Cl)cc3)CC2)CC1.[HH]. The molecule has 1 N–H and O–H groups in total. The van der Waals surface area contributed by atoms with Crippen molar-refractivity contribution in [1.82, 2.24) is 20.1 Å². The van der Waals surface area contributed by atoms with Crippen LogP contribution in [0, 0.1) is 18.6 Å². The van der Waals surface area contributed by atoms with Crippen molar-refractivity contribution >= 4 is 23.3 Å². The number of pyridine rings is 1. The standard InChI is InChI=1S/C30H34ClF2N5O.H2/c1-21-16-24(30(39)35-18-23-4-7-27(32)28(33)17-23)19-34-29(21)38-14-12-37(13-15-38)26-8-10-36(11-9-26)20-22-2-5-25(31)6-3-22;/h2-7,16-17,19,26H,8-15,18,20H2,1H3,(H,35,39);1H. The van der Waals surface area contributed by atoms with Gasteiger partial charge < -0.3 is 10.2 Å². The minimum Gasteiger partial charge on any atom is -0.354 e. The number of nitrogens with zero attached hydrogens (tertiary/aromatic N) is 4. The molecule has 5 rings (SSSR count). The second kappa shape index (κ2) is 12.4. The van der Waals surface area contributed by atoms with Gasteiger partial charge in [0.05, 0.1) is 5.56 Å². The first-order chi connectivity index (χ1) is 18.9. The fraction of sp³-hybridized carbons (Fsp3) is 0.400. The first-order valence-electron chi connectivity index (χ1n) is 13.5. The molecule has 2 aromatic carbocycles. The number of aryl methyl sites for hydroxylation is 1. The molecule has 2 aliphatic rings. The lowest BCUT2D eigenvalue weighted by molar-refractivity contribution is 0.0950. The van der Waals surface area contributed by atoms with Gasteiger partial charge >= 0.3 is 0 Å². The minimum atomic E-state index is -0.927. The quantitative estimate of drug-likeness (QED) is 0.430. The summed E-state index contributed by atoms with van der Waals surface area (Å²) in [5.74, 6) is -1.22. The Morgan fingerprint density at radius 2 is 1.67 bits per heavy atom. The average molecular weight is 556 g/mol. The van der Waals surface area contributed by atoms with Gasteiger partial charge in [0.2, 0.25) is 0 Å². The van der Waals surface area contributed by atoms with Crippen LogP contribution >= 0.6 is 11.6 Å². The van der Waals surface area contributed by atoms with Gasteiger partial charge in [-0.1, -0.05) is 29.8 Å². The highest BCUT2D eigenvalue weighted by Gasteiger charge is 2.28. The van der Waals surface area contributed by atoms with Crippen LogP contribution in [0.4, 0.5) is 14.6 Å². The van der Waals surface area contributed by atoms with Gasteiger partial charge in [-0.15, -0.1) is 0 Å². The average Bonchev–Trinajstić information content (AvgIpc) is 2.95. The number of aromatic nitrogens is 1. The van der Waals surface area contributed by atoms with Gasteiger partial charge in [-0.2, -0.15) is 0 Å². The summed E-state index contributed by atoms with van der Waals surface area (Å²) in [7, 11) is 0. The van der Waals surface area contributed by atoms with E-state index in [1.807, 2.05) is 25.1 Å². The molecule has 0 bridgehead atoms. The number of piperazine rings is 1. The van der Waals surface area contributed by atoms with Gasteiger partial charge in [-0.05, 0) is 79.9 Å². The van der Waals surface area contributed by atoms with Crippen LogP contribution in [0.2, 0.25) is 5.02 Å². The van der Waals surface area contributed by atoms with Crippen molar-refractivity contribution in [2.45, 2.75) is 38.9 Å². The zero-order valence-corrected chi connectivity index (χ0v) is 22.9. The second-order valence-corrected chi connectivity index (χ2v) is 10.9. The van der Waals surface area contributed by atoms with Crippen LogP contribution < -0.4 is 10.2 Å². The zero-order chi connectivity index (χ0) is 27.4. The Labute approximate surface area is 235 Å². The van der Waals surface area contributed by atoms with E-state index in [1.165, 1.54) is 24.5 Å². The molecule has 3 heterocycles. The maximum absolute atomic E-state index is 13.4. The number of nitrogens with one attached hydrogen (secondary N) is 1. The smallest absolute Gasteiger partial charge is 0.253 e. The third-order valence-corrected chi connectivity index (χ3v) is 8.01. The lowest BCUT2D eigenvalue weighted by Gasteiger charge is -2.43. The van der Waals surface area contributed by atoms with Crippen molar-refractivity contribution in [1.29, 1.82) is 0 Å². The molecule has 208 valence electrons. The summed E-state index contributed by atoms with van der Waals surface area (Å²) in [6.07, 6.45) is 3.95. The Balaban J connectivity index is 0.00000370. The number of carbonyl (C=O) groups excluding carboxylic acids is 1. The Kier molecular flexibility index (Phi) is 8.75. The minimum absolute atomic E-state index is 0. The summed E-state index contributed by atoms with van der Waals surface area (Å²) in [5, 5.41) is 3.53. The zero-order valence-electron chi connectivity index (χ0n) is 22.2. The van der Waals surface area contributed by atoms with Gasteiger partial charge in [0.15, 0.2) is 11.6 Å². The lowest BCUT2D eigenvalue weighted by atomic mass is 10.0. The van der Waals surface area contributed by atoms with E-state index in [2.05, 4.69) is 37.1 Å². The summed E-state index contributed by atoms with van der Waals surface area (Å²) >= 11 is 6.01. The molecular formula is C30H36ClF2N5O. The van der Waals surface area contributed by atoms with E-state index in [0.29, 0.717) is 17.2 Å². The Morgan fingerprint density at radius 1 is 0.974 bits per heavy atom. The number of anilines is 1. The Bertz CT molecular complexity index is 1300. The molecule has 0 radical (unpaired) electrons. The van der Waals surface area contributed by atoms with E-state index in [-0.39, 0.29) is 13.9 Å². The highest BCUT2D eigenvalue weighted by molar-refractivity contribution is 6.30. The number of piperidine rings is 1. The first kappa shape index (κ1) is 27.5. The molecule has 2 aliphatic heterocycles. The van der Waals surface area contributed by atoms with Crippen LogP contribution in [0.15, 0.2) is 54.7 Å². The van der Waals surface area contributed by atoms with E-state index in [0.717, 1.165) is 74.3 Å². The molecule has 39 heavy (non-hydrogen) atoms. The molecular weight excluding hydrogens is 520 g/mol. The number of halogens is 3. The van der Waals surface area contributed by atoms with Crippen LogP contribution in [0.3, 0.4) is 0 Å².